The van der Waals surface area contributed by atoms with Gasteiger partial charge in [0.15, 0.2) is 0 Å². The SMILES string of the molecule is CCCCNS(=O)(=O)c1cccc(NC(=O)N(C)C(C)c2cc3ccccc3o2)c1. The molecule has 160 valence electrons. The van der Waals surface area contributed by atoms with E-state index in [1.54, 1.807) is 19.2 Å². The number of fused-ring (bicyclic) bond motifs is 1. The number of carbonyl (C=O) groups is 1. The van der Waals surface area contributed by atoms with E-state index < -0.39 is 10.0 Å². The fourth-order valence-electron chi connectivity index (χ4n) is 2.99. The van der Waals surface area contributed by atoms with Crippen LogP contribution in [0, 0.1) is 0 Å². The number of nitrogens with one attached hydrogen (secondary N) is 2. The number of sulfonamides is 1. The lowest BCUT2D eigenvalue weighted by Gasteiger charge is -2.23. The van der Waals surface area contributed by atoms with Crippen LogP contribution in [-0.2, 0) is 10.0 Å². The van der Waals surface area contributed by atoms with Crippen molar-refractivity contribution in [3.63, 3.8) is 0 Å². The standard InChI is InChI=1S/C22H27N3O4S/c1-4-5-13-23-30(27,28)19-11-8-10-18(15-19)24-22(26)25(3)16(2)21-14-17-9-6-7-12-20(17)29-21/h6-12,14-16,23H,4-5,13H2,1-3H3,(H,24,26). The summed E-state index contributed by atoms with van der Waals surface area (Å²) in [6, 6.07) is 15.1. The number of nitrogens with zero attached hydrogens (tertiary/aromatic N) is 1. The van der Waals surface area contributed by atoms with E-state index >= 15 is 0 Å². The smallest absolute Gasteiger partial charge is 0.322 e. The fraction of sp³-hybridized carbons (Fsp3) is 0.318. The minimum Gasteiger partial charge on any atom is -0.459 e. The van der Waals surface area contributed by atoms with Gasteiger partial charge in [-0.05, 0) is 43.7 Å². The third-order valence-electron chi connectivity index (χ3n) is 4.98. The van der Waals surface area contributed by atoms with E-state index in [2.05, 4.69) is 10.0 Å². The number of anilines is 1. The third kappa shape index (κ3) is 5.01. The summed E-state index contributed by atoms with van der Waals surface area (Å²) in [7, 11) is -1.95. The highest BCUT2D eigenvalue weighted by molar-refractivity contribution is 7.89. The van der Waals surface area contributed by atoms with Crippen molar-refractivity contribution in [2.45, 2.75) is 37.6 Å². The molecule has 2 aromatic carbocycles. The second kappa shape index (κ2) is 9.32. The molecular weight excluding hydrogens is 402 g/mol. The van der Waals surface area contributed by atoms with Gasteiger partial charge in [-0.25, -0.2) is 17.9 Å². The first-order chi connectivity index (χ1) is 14.3. The molecule has 3 aromatic rings. The molecule has 0 aliphatic carbocycles. The van der Waals surface area contributed by atoms with Crippen molar-refractivity contribution in [3.05, 3.63) is 60.4 Å². The van der Waals surface area contributed by atoms with Gasteiger partial charge in [0.25, 0.3) is 0 Å². The van der Waals surface area contributed by atoms with Crippen LogP contribution in [0.3, 0.4) is 0 Å². The van der Waals surface area contributed by atoms with Gasteiger partial charge >= 0.3 is 6.03 Å². The van der Waals surface area contributed by atoms with Crippen LogP contribution in [-0.4, -0.2) is 32.9 Å². The molecule has 1 heterocycles. The van der Waals surface area contributed by atoms with Gasteiger partial charge in [-0.15, -0.1) is 0 Å². The van der Waals surface area contributed by atoms with E-state index in [4.69, 9.17) is 4.42 Å². The Morgan fingerprint density at radius 2 is 1.90 bits per heavy atom. The van der Waals surface area contributed by atoms with Gasteiger partial charge in [0, 0.05) is 24.7 Å². The van der Waals surface area contributed by atoms with Gasteiger partial charge in [-0.1, -0.05) is 37.6 Å². The lowest BCUT2D eigenvalue weighted by atomic mass is 10.2. The maximum Gasteiger partial charge on any atom is 0.322 e. The van der Waals surface area contributed by atoms with Crippen LogP contribution in [0.5, 0.6) is 0 Å². The van der Waals surface area contributed by atoms with E-state index in [0.29, 0.717) is 18.0 Å². The van der Waals surface area contributed by atoms with E-state index in [0.717, 1.165) is 23.8 Å². The summed E-state index contributed by atoms with van der Waals surface area (Å²) < 4.78 is 33.2. The van der Waals surface area contributed by atoms with E-state index in [-0.39, 0.29) is 17.0 Å². The zero-order valence-corrected chi connectivity index (χ0v) is 18.2. The van der Waals surface area contributed by atoms with Gasteiger partial charge in [0.2, 0.25) is 10.0 Å². The predicted octanol–water partition coefficient (Wildman–Crippen LogP) is 4.74. The van der Waals surface area contributed by atoms with Gasteiger partial charge in [0.1, 0.15) is 11.3 Å². The topological polar surface area (TPSA) is 91.7 Å². The number of carbonyl (C=O) groups excluding carboxylic acids is 1. The molecule has 8 heteroatoms. The first-order valence-electron chi connectivity index (χ1n) is 9.94. The quantitative estimate of drug-likeness (QED) is 0.506. The Kier molecular flexibility index (Phi) is 6.79. The summed E-state index contributed by atoms with van der Waals surface area (Å²) in [4.78, 5) is 14.3. The summed E-state index contributed by atoms with van der Waals surface area (Å²) in [5.41, 5.74) is 1.17. The number of urea groups is 1. The fourth-order valence-corrected chi connectivity index (χ4v) is 4.11. The average molecular weight is 430 g/mol. The van der Waals surface area contributed by atoms with Crippen molar-refractivity contribution in [2.24, 2.45) is 0 Å². The zero-order valence-electron chi connectivity index (χ0n) is 17.4. The molecule has 0 aliphatic heterocycles. The molecule has 0 bridgehead atoms. The van der Waals surface area contributed by atoms with Crippen LogP contribution in [0.1, 0.15) is 38.5 Å². The molecule has 0 saturated carbocycles. The predicted molar refractivity (Wildman–Crippen MR) is 118 cm³/mol. The molecule has 2 amide bonds. The maximum atomic E-state index is 12.7. The van der Waals surface area contributed by atoms with Gasteiger partial charge in [-0.2, -0.15) is 0 Å². The number of rotatable bonds is 8. The minimum atomic E-state index is -3.62. The van der Waals surface area contributed by atoms with Crippen molar-refractivity contribution in [1.82, 2.24) is 9.62 Å². The summed E-state index contributed by atoms with van der Waals surface area (Å²) >= 11 is 0. The summed E-state index contributed by atoms with van der Waals surface area (Å²) in [6.45, 7) is 4.25. The number of unbranched alkanes of at least 4 members (excludes halogenated alkanes) is 1. The Morgan fingerprint density at radius 3 is 2.63 bits per heavy atom. The molecule has 1 aromatic heterocycles. The molecule has 7 nitrogen and oxygen atoms in total. The lowest BCUT2D eigenvalue weighted by molar-refractivity contribution is 0.201. The summed E-state index contributed by atoms with van der Waals surface area (Å²) in [5.74, 6) is 0.672. The highest BCUT2D eigenvalue weighted by Crippen LogP contribution is 2.27. The van der Waals surface area contributed by atoms with Crippen molar-refractivity contribution < 1.29 is 17.6 Å². The molecule has 1 unspecified atom stereocenters. The van der Waals surface area contributed by atoms with Crippen molar-refractivity contribution >= 4 is 32.7 Å². The Hall–Kier alpha value is -2.84. The van der Waals surface area contributed by atoms with E-state index in [9.17, 15) is 13.2 Å². The molecule has 0 fully saturated rings. The Balaban J connectivity index is 1.70. The van der Waals surface area contributed by atoms with Crippen molar-refractivity contribution in [2.75, 3.05) is 18.9 Å². The van der Waals surface area contributed by atoms with E-state index in [1.165, 1.54) is 17.0 Å². The highest BCUT2D eigenvalue weighted by Gasteiger charge is 2.21. The number of hydrogen-bond acceptors (Lipinski definition) is 4. The Labute approximate surface area is 177 Å². The molecule has 0 aliphatic rings. The summed E-state index contributed by atoms with van der Waals surface area (Å²) in [6.07, 6.45) is 1.66. The normalized spacial score (nSPS) is 12.6. The van der Waals surface area contributed by atoms with Crippen LogP contribution in [0.2, 0.25) is 0 Å². The number of amides is 2. The number of hydrogen-bond donors (Lipinski definition) is 2. The first-order valence-corrected chi connectivity index (χ1v) is 11.4. The average Bonchev–Trinajstić information content (AvgIpc) is 3.17. The molecule has 3 rings (SSSR count). The monoisotopic (exact) mass is 429 g/mol. The number of furan rings is 1. The Bertz CT molecular complexity index is 1090. The molecule has 2 N–H and O–H groups in total. The van der Waals surface area contributed by atoms with Crippen LogP contribution < -0.4 is 10.0 Å². The van der Waals surface area contributed by atoms with Crippen molar-refractivity contribution in [3.8, 4) is 0 Å². The van der Waals surface area contributed by atoms with Crippen molar-refractivity contribution in [1.29, 1.82) is 0 Å². The van der Waals surface area contributed by atoms with E-state index in [1.807, 2.05) is 44.2 Å². The molecule has 1 atom stereocenters. The number of para-hydroxylation sites is 1. The second-order valence-electron chi connectivity index (χ2n) is 7.18. The third-order valence-corrected chi connectivity index (χ3v) is 6.43. The van der Waals surface area contributed by atoms with Crippen LogP contribution in [0.4, 0.5) is 10.5 Å². The molecular formula is C22H27N3O4S. The molecule has 0 saturated heterocycles. The van der Waals surface area contributed by atoms with Gasteiger partial charge in [0.05, 0.1) is 10.9 Å². The van der Waals surface area contributed by atoms with Gasteiger partial charge in [-0.3, -0.25) is 0 Å². The highest BCUT2D eigenvalue weighted by atomic mass is 32.2. The van der Waals surface area contributed by atoms with Crippen LogP contribution in [0.25, 0.3) is 11.0 Å². The lowest BCUT2D eigenvalue weighted by Crippen LogP contribution is -2.33. The second-order valence-corrected chi connectivity index (χ2v) is 8.95. The molecule has 0 spiro atoms. The Morgan fingerprint density at radius 1 is 1.13 bits per heavy atom. The zero-order chi connectivity index (χ0) is 21.7. The first kappa shape index (κ1) is 21.9. The van der Waals surface area contributed by atoms with Crippen LogP contribution in [0.15, 0.2) is 63.9 Å². The molecule has 30 heavy (non-hydrogen) atoms. The summed E-state index contributed by atoms with van der Waals surface area (Å²) in [5, 5.41) is 3.73. The molecule has 0 radical (unpaired) electrons. The number of benzene rings is 2. The minimum absolute atomic E-state index is 0.115. The maximum absolute atomic E-state index is 12.7. The van der Waals surface area contributed by atoms with Crippen LogP contribution >= 0.6 is 0 Å². The van der Waals surface area contributed by atoms with Gasteiger partial charge < -0.3 is 14.6 Å². The largest absolute Gasteiger partial charge is 0.459 e.